The van der Waals surface area contributed by atoms with Gasteiger partial charge in [0, 0.05) is 9.35 Å². The number of halogens is 2. The highest BCUT2D eigenvalue weighted by atomic mass is 79.9. The van der Waals surface area contributed by atoms with Crippen molar-refractivity contribution in [1.29, 1.82) is 0 Å². The van der Waals surface area contributed by atoms with Gasteiger partial charge in [-0.2, -0.15) is 0 Å². The third-order valence-electron chi connectivity index (χ3n) is 2.10. The van der Waals surface area contributed by atoms with Crippen LogP contribution in [0.2, 0.25) is 0 Å². The molecule has 0 saturated carbocycles. The Hall–Kier alpha value is -0.100. The molecule has 2 rings (SSSR count). The van der Waals surface area contributed by atoms with E-state index in [0.29, 0.717) is 0 Å². The standard InChI is InChI=1S/C10H9Br2NOS/c1-13-8(9-6(11)2-4-14-9)10-7(12)3-5-15-10/h2-5,8,13H,1H3. The fourth-order valence-corrected chi connectivity index (χ4v) is 3.54. The summed E-state index contributed by atoms with van der Waals surface area (Å²) < 4.78 is 7.57. The third-order valence-corrected chi connectivity index (χ3v) is 4.69. The molecular formula is C10H9Br2NOS. The first-order valence-corrected chi connectivity index (χ1v) is 6.83. The van der Waals surface area contributed by atoms with Gasteiger partial charge in [-0.05, 0) is 56.4 Å². The fraction of sp³-hybridized carbons (Fsp3) is 0.200. The first-order valence-electron chi connectivity index (χ1n) is 4.37. The zero-order valence-electron chi connectivity index (χ0n) is 7.96. The summed E-state index contributed by atoms with van der Waals surface area (Å²) in [4.78, 5) is 1.22. The summed E-state index contributed by atoms with van der Waals surface area (Å²) in [5, 5.41) is 5.30. The van der Waals surface area contributed by atoms with Crippen LogP contribution in [0.4, 0.5) is 0 Å². The molecule has 2 nitrogen and oxygen atoms in total. The number of hydrogen-bond donors (Lipinski definition) is 1. The van der Waals surface area contributed by atoms with E-state index in [1.54, 1.807) is 17.6 Å². The van der Waals surface area contributed by atoms with Crippen molar-refractivity contribution in [2.75, 3.05) is 7.05 Å². The zero-order valence-corrected chi connectivity index (χ0v) is 11.9. The summed E-state index contributed by atoms with van der Waals surface area (Å²) in [6.07, 6.45) is 1.69. The van der Waals surface area contributed by atoms with E-state index < -0.39 is 0 Å². The number of hydrogen-bond acceptors (Lipinski definition) is 3. The molecule has 2 heterocycles. The Balaban J connectivity index is 2.41. The van der Waals surface area contributed by atoms with Gasteiger partial charge in [0.1, 0.15) is 11.8 Å². The molecular weight excluding hydrogens is 342 g/mol. The Morgan fingerprint density at radius 1 is 1.33 bits per heavy atom. The number of furan rings is 1. The molecule has 1 N–H and O–H groups in total. The molecule has 0 aliphatic carbocycles. The second-order valence-corrected chi connectivity index (χ2v) is 5.64. The van der Waals surface area contributed by atoms with E-state index in [0.717, 1.165) is 14.7 Å². The molecule has 0 fully saturated rings. The molecule has 80 valence electrons. The summed E-state index contributed by atoms with van der Waals surface area (Å²) in [5.74, 6) is 0.903. The molecule has 0 aliphatic rings. The van der Waals surface area contributed by atoms with Crippen molar-refractivity contribution in [2.24, 2.45) is 0 Å². The maximum absolute atomic E-state index is 5.47. The molecule has 0 aromatic carbocycles. The molecule has 0 amide bonds. The lowest BCUT2D eigenvalue weighted by Gasteiger charge is -2.13. The van der Waals surface area contributed by atoms with Gasteiger partial charge in [-0.15, -0.1) is 11.3 Å². The van der Waals surface area contributed by atoms with Crippen LogP contribution in [0.3, 0.4) is 0 Å². The number of rotatable bonds is 3. The van der Waals surface area contributed by atoms with Crippen LogP contribution in [-0.4, -0.2) is 7.05 Å². The summed E-state index contributed by atoms with van der Waals surface area (Å²) in [7, 11) is 1.92. The molecule has 0 aliphatic heterocycles. The third kappa shape index (κ3) is 2.20. The van der Waals surface area contributed by atoms with E-state index in [1.165, 1.54) is 4.88 Å². The average Bonchev–Trinajstić information content (AvgIpc) is 2.80. The van der Waals surface area contributed by atoms with Crippen molar-refractivity contribution >= 4 is 43.2 Å². The number of nitrogens with one attached hydrogen (secondary N) is 1. The molecule has 5 heteroatoms. The van der Waals surface area contributed by atoms with Crippen molar-refractivity contribution in [3.8, 4) is 0 Å². The van der Waals surface area contributed by atoms with Gasteiger partial charge in [-0.25, -0.2) is 0 Å². The Kier molecular flexibility index (Phi) is 3.66. The quantitative estimate of drug-likeness (QED) is 0.898. The molecule has 2 aromatic heterocycles. The van der Waals surface area contributed by atoms with E-state index in [4.69, 9.17) is 4.42 Å². The van der Waals surface area contributed by atoms with Crippen LogP contribution in [0.15, 0.2) is 37.1 Å². The fourth-order valence-electron chi connectivity index (χ4n) is 1.40. The van der Waals surface area contributed by atoms with Crippen molar-refractivity contribution in [2.45, 2.75) is 6.04 Å². The van der Waals surface area contributed by atoms with Crippen molar-refractivity contribution in [3.63, 3.8) is 0 Å². The summed E-state index contributed by atoms with van der Waals surface area (Å²) in [5.41, 5.74) is 0. The van der Waals surface area contributed by atoms with Gasteiger partial charge in [0.25, 0.3) is 0 Å². The molecule has 0 saturated heterocycles. The van der Waals surface area contributed by atoms with Crippen LogP contribution in [0.25, 0.3) is 0 Å². The van der Waals surface area contributed by atoms with E-state index in [-0.39, 0.29) is 6.04 Å². The minimum atomic E-state index is 0.0868. The summed E-state index contributed by atoms with van der Waals surface area (Å²) in [6.45, 7) is 0. The maximum atomic E-state index is 5.47. The molecule has 2 aromatic rings. The van der Waals surface area contributed by atoms with Crippen molar-refractivity contribution in [1.82, 2.24) is 5.32 Å². The van der Waals surface area contributed by atoms with E-state index in [9.17, 15) is 0 Å². The average molecular weight is 351 g/mol. The monoisotopic (exact) mass is 349 g/mol. The van der Waals surface area contributed by atoms with Crippen molar-refractivity contribution in [3.05, 3.63) is 43.4 Å². The number of thiophene rings is 1. The first-order chi connectivity index (χ1) is 7.24. The van der Waals surface area contributed by atoms with Crippen LogP contribution in [0.1, 0.15) is 16.7 Å². The minimum Gasteiger partial charge on any atom is -0.466 e. The van der Waals surface area contributed by atoms with Crippen LogP contribution in [0, 0.1) is 0 Å². The topological polar surface area (TPSA) is 25.2 Å². The lowest BCUT2D eigenvalue weighted by Crippen LogP contribution is -2.16. The van der Waals surface area contributed by atoms with E-state index in [1.807, 2.05) is 19.2 Å². The van der Waals surface area contributed by atoms with Crippen LogP contribution < -0.4 is 5.32 Å². The van der Waals surface area contributed by atoms with Gasteiger partial charge in [-0.1, -0.05) is 0 Å². The van der Waals surface area contributed by atoms with Crippen LogP contribution in [0.5, 0.6) is 0 Å². The Labute approximate surface area is 109 Å². The predicted octanol–water partition coefficient (Wildman–Crippen LogP) is 4.17. The van der Waals surface area contributed by atoms with E-state index in [2.05, 4.69) is 42.6 Å². The molecule has 1 atom stereocenters. The van der Waals surface area contributed by atoms with Gasteiger partial charge < -0.3 is 9.73 Å². The highest BCUT2D eigenvalue weighted by Crippen LogP contribution is 2.36. The highest BCUT2D eigenvalue weighted by molar-refractivity contribution is 9.10. The van der Waals surface area contributed by atoms with Gasteiger partial charge in [0.2, 0.25) is 0 Å². The highest BCUT2D eigenvalue weighted by Gasteiger charge is 2.21. The van der Waals surface area contributed by atoms with E-state index >= 15 is 0 Å². The Morgan fingerprint density at radius 2 is 2.13 bits per heavy atom. The second-order valence-electron chi connectivity index (χ2n) is 2.99. The summed E-state index contributed by atoms with van der Waals surface area (Å²) in [6, 6.07) is 4.03. The lowest BCUT2D eigenvalue weighted by atomic mass is 10.2. The molecule has 0 bridgehead atoms. The maximum Gasteiger partial charge on any atom is 0.140 e. The van der Waals surface area contributed by atoms with Gasteiger partial charge in [0.15, 0.2) is 0 Å². The summed E-state index contributed by atoms with van der Waals surface area (Å²) >= 11 is 8.70. The molecule has 0 spiro atoms. The van der Waals surface area contributed by atoms with Crippen LogP contribution >= 0.6 is 43.2 Å². The Bertz CT molecular complexity index is 411. The van der Waals surface area contributed by atoms with Gasteiger partial charge in [0.05, 0.1) is 10.7 Å². The Morgan fingerprint density at radius 3 is 2.60 bits per heavy atom. The van der Waals surface area contributed by atoms with Gasteiger partial charge >= 0.3 is 0 Å². The first kappa shape index (κ1) is 11.4. The minimum absolute atomic E-state index is 0.0868. The van der Waals surface area contributed by atoms with Crippen LogP contribution in [-0.2, 0) is 0 Å². The predicted molar refractivity (Wildman–Crippen MR) is 69.3 cm³/mol. The largest absolute Gasteiger partial charge is 0.466 e. The van der Waals surface area contributed by atoms with Crippen molar-refractivity contribution < 1.29 is 4.42 Å². The lowest BCUT2D eigenvalue weighted by molar-refractivity contribution is 0.463. The SMILES string of the molecule is CNC(c1occc1Br)c1sccc1Br. The normalized spacial score (nSPS) is 13.0. The second kappa shape index (κ2) is 4.82. The van der Waals surface area contributed by atoms with Gasteiger partial charge in [-0.3, -0.25) is 0 Å². The zero-order chi connectivity index (χ0) is 10.8. The molecule has 1 unspecified atom stereocenters. The molecule has 15 heavy (non-hydrogen) atoms. The smallest absolute Gasteiger partial charge is 0.140 e. The molecule has 0 radical (unpaired) electrons.